The molecule has 0 bridgehead atoms. The lowest BCUT2D eigenvalue weighted by atomic mass is 10.0. The summed E-state index contributed by atoms with van der Waals surface area (Å²) in [6.07, 6.45) is -2.57. The van der Waals surface area contributed by atoms with Crippen LogP contribution in [0, 0.1) is 0 Å². The normalized spacial score (nSPS) is 13.0. The maximum absolute atomic E-state index is 14.0. The Morgan fingerprint density at radius 2 is 1.09 bits per heavy atom. The number of hydroxylamine groups is 2. The third-order valence-corrected chi connectivity index (χ3v) is 6.40. The minimum Gasteiger partial charge on any atom is -0.450 e. The summed E-state index contributed by atoms with van der Waals surface area (Å²) in [5.74, 6) is -4.16. The molecule has 216 valence electrons. The average molecular weight is 580 g/mol. The summed E-state index contributed by atoms with van der Waals surface area (Å²) in [4.78, 5) is 69.6. The van der Waals surface area contributed by atoms with Gasteiger partial charge in [-0.25, -0.2) is 9.63 Å². The first-order chi connectivity index (χ1) is 20.7. The molecule has 0 fully saturated rings. The summed E-state index contributed by atoms with van der Waals surface area (Å²) >= 11 is 0. The maximum Gasteiger partial charge on any atom is 0.343 e. The van der Waals surface area contributed by atoms with Gasteiger partial charge in [0.15, 0.2) is 17.6 Å². The van der Waals surface area contributed by atoms with Gasteiger partial charge in [-0.3, -0.25) is 19.2 Å². The number of imide groups is 1. The summed E-state index contributed by atoms with van der Waals surface area (Å²) in [6.45, 7) is 2.32. The Balaban J connectivity index is 1.56. The van der Waals surface area contributed by atoms with Crippen molar-refractivity contribution >= 4 is 29.7 Å². The lowest BCUT2D eigenvalue weighted by molar-refractivity contribution is -0.185. The number of benzene rings is 4. The number of rotatable bonds is 9. The highest BCUT2D eigenvalue weighted by Gasteiger charge is 2.41. The van der Waals surface area contributed by atoms with Gasteiger partial charge in [0.05, 0.1) is 11.1 Å². The zero-order chi connectivity index (χ0) is 30.5. The van der Waals surface area contributed by atoms with E-state index in [1.165, 1.54) is 37.3 Å². The minimum absolute atomic E-state index is 0.0496. The number of carbonyl (C=O) groups excluding carboxylic acids is 5. The van der Waals surface area contributed by atoms with Crippen molar-refractivity contribution in [2.24, 2.45) is 0 Å². The zero-order valence-electron chi connectivity index (χ0n) is 23.1. The van der Waals surface area contributed by atoms with Gasteiger partial charge in [-0.15, -0.1) is 5.06 Å². The van der Waals surface area contributed by atoms with Crippen LogP contribution in [0.1, 0.15) is 63.5 Å². The molecule has 4 aromatic carbocycles. The standard InChI is InChI=1S/C33H25NO9/c1-20(35)40-27-18-17-24(19-28(27)41-21(2)36)30(43-34-31(37)25-15-9-10-16-26(25)32(34)38)33(39)42-29(22-11-5-3-6-12-22)23-13-7-4-8-14-23/h3-19,29-30H,1-2H3/t30-/m0/s1. The molecule has 1 atom stereocenters. The molecule has 0 saturated heterocycles. The Morgan fingerprint density at radius 3 is 1.60 bits per heavy atom. The Kier molecular flexibility index (Phi) is 8.40. The van der Waals surface area contributed by atoms with Crippen molar-refractivity contribution in [3.63, 3.8) is 0 Å². The lowest BCUT2D eigenvalue weighted by Crippen LogP contribution is -2.35. The monoisotopic (exact) mass is 579 g/mol. The quantitative estimate of drug-likeness (QED) is 0.151. The second-order valence-electron chi connectivity index (χ2n) is 9.47. The van der Waals surface area contributed by atoms with E-state index in [2.05, 4.69) is 0 Å². The van der Waals surface area contributed by atoms with E-state index in [0.717, 1.165) is 6.92 Å². The first-order valence-electron chi connectivity index (χ1n) is 13.2. The molecule has 0 aliphatic carbocycles. The van der Waals surface area contributed by atoms with Gasteiger partial charge < -0.3 is 14.2 Å². The van der Waals surface area contributed by atoms with Crippen LogP contribution in [0.15, 0.2) is 103 Å². The number of hydrogen-bond acceptors (Lipinski definition) is 9. The maximum atomic E-state index is 14.0. The number of amides is 2. The fourth-order valence-electron chi connectivity index (χ4n) is 4.53. The van der Waals surface area contributed by atoms with Crippen LogP contribution in [-0.4, -0.2) is 34.8 Å². The van der Waals surface area contributed by atoms with Gasteiger partial charge in [0.25, 0.3) is 11.8 Å². The second kappa shape index (κ2) is 12.5. The highest BCUT2D eigenvalue weighted by Crippen LogP contribution is 2.36. The van der Waals surface area contributed by atoms with Crippen LogP contribution in [-0.2, 0) is 24.0 Å². The van der Waals surface area contributed by atoms with Crippen LogP contribution in [0.5, 0.6) is 11.5 Å². The summed E-state index contributed by atoms with van der Waals surface area (Å²) in [6, 6.07) is 28.0. The lowest BCUT2D eigenvalue weighted by Gasteiger charge is -2.25. The predicted octanol–water partition coefficient (Wildman–Crippen LogP) is 5.14. The van der Waals surface area contributed by atoms with Gasteiger partial charge in [0.1, 0.15) is 0 Å². The summed E-state index contributed by atoms with van der Waals surface area (Å²) in [7, 11) is 0. The molecule has 0 radical (unpaired) electrons. The van der Waals surface area contributed by atoms with Gasteiger partial charge in [-0.2, -0.15) is 0 Å². The van der Waals surface area contributed by atoms with Crippen LogP contribution in [0.2, 0.25) is 0 Å². The largest absolute Gasteiger partial charge is 0.450 e. The van der Waals surface area contributed by atoms with Gasteiger partial charge >= 0.3 is 17.9 Å². The fraction of sp³-hybridized carbons (Fsp3) is 0.121. The van der Waals surface area contributed by atoms with Gasteiger partial charge in [-0.05, 0) is 41.0 Å². The first kappa shape index (κ1) is 28.9. The van der Waals surface area contributed by atoms with Crippen LogP contribution >= 0.6 is 0 Å². The van der Waals surface area contributed by atoms with Crippen molar-refractivity contribution in [3.8, 4) is 11.5 Å². The van der Waals surface area contributed by atoms with Crippen LogP contribution in [0.4, 0.5) is 0 Å². The Labute approximate surface area is 246 Å². The fourth-order valence-corrected chi connectivity index (χ4v) is 4.53. The number of fused-ring (bicyclic) bond motifs is 1. The number of esters is 3. The molecule has 4 aromatic rings. The predicted molar refractivity (Wildman–Crippen MR) is 151 cm³/mol. The smallest absolute Gasteiger partial charge is 0.343 e. The Bertz CT molecular complexity index is 1630. The zero-order valence-corrected chi connectivity index (χ0v) is 23.1. The van der Waals surface area contributed by atoms with Crippen molar-refractivity contribution in [1.29, 1.82) is 0 Å². The number of nitrogens with zero attached hydrogens (tertiary/aromatic N) is 1. The molecular formula is C33H25NO9. The van der Waals surface area contributed by atoms with Crippen LogP contribution in [0.25, 0.3) is 0 Å². The Morgan fingerprint density at radius 1 is 0.605 bits per heavy atom. The molecule has 0 unspecified atom stereocenters. The summed E-state index contributed by atoms with van der Waals surface area (Å²) in [5, 5.41) is 0.502. The molecule has 0 N–H and O–H groups in total. The molecular weight excluding hydrogens is 554 g/mol. The van der Waals surface area contributed by atoms with Gasteiger partial charge in [0, 0.05) is 13.8 Å². The molecule has 1 heterocycles. The van der Waals surface area contributed by atoms with E-state index < -0.39 is 41.9 Å². The molecule has 10 heteroatoms. The van der Waals surface area contributed by atoms with Crippen molar-refractivity contribution < 1.29 is 43.0 Å². The third kappa shape index (κ3) is 6.34. The Hall–Kier alpha value is -5.61. The SMILES string of the molecule is CC(=O)Oc1ccc([C@H](ON2C(=O)c3ccccc3C2=O)C(=O)OC(c2ccccc2)c2ccccc2)cc1OC(C)=O. The minimum atomic E-state index is -1.70. The molecule has 0 spiro atoms. The molecule has 2 amide bonds. The van der Waals surface area contributed by atoms with E-state index in [9.17, 15) is 24.0 Å². The molecule has 1 aliphatic rings. The van der Waals surface area contributed by atoms with E-state index >= 15 is 0 Å². The summed E-state index contributed by atoms with van der Waals surface area (Å²) in [5.41, 5.74) is 1.59. The van der Waals surface area contributed by atoms with E-state index in [1.54, 1.807) is 60.7 Å². The van der Waals surface area contributed by atoms with Crippen LogP contribution < -0.4 is 9.47 Å². The molecule has 43 heavy (non-hydrogen) atoms. The van der Waals surface area contributed by atoms with Gasteiger partial charge in [0.2, 0.25) is 6.10 Å². The molecule has 0 saturated carbocycles. The number of hydrogen-bond donors (Lipinski definition) is 0. The molecule has 5 rings (SSSR count). The highest BCUT2D eigenvalue weighted by molar-refractivity contribution is 6.20. The highest BCUT2D eigenvalue weighted by atomic mass is 16.7. The first-order valence-corrected chi connectivity index (χ1v) is 13.2. The van der Waals surface area contributed by atoms with E-state index in [4.69, 9.17) is 19.0 Å². The van der Waals surface area contributed by atoms with Crippen molar-refractivity contribution in [1.82, 2.24) is 5.06 Å². The van der Waals surface area contributed by atoms with Gasteiger partial charge in [-0.1, -0.05) is 78.9 Å². The van der Waals surface area contributed by atoms with Crippen molar-refractivity contribution in [2.45, 2.75) is 26.1 Å². The topological polar surface area (TPSA) is 126 Å². The average Bonchev–Trinajstić information content (AvgIpc) is 3.24. The van der Waals surface area contributed by atoms with Crippen molar-refractivity contribution in [2.75, 3.05) is 0 Å². The third-order valence-electron chi connectivity index (χ3n) is 6.40. The second-order valence-corrected chi connectivity index (χ2v) is 9.47. The number of ether oxygens (including phenoxy) is 3. The molecule has 0 aromatic heterocycles. The van der Waals surface area contributed by atoms with E-state index in [-0.39, 0.29) is 28.2 Å². The summed E-state index contributed by atoms with van der Waals surface area (Å²) < 4.78 is 16.4. The van der Waals surface area contributed by atoms with Crippen molar-refractivity contribution in [3.05, 3.63) is 131 Å². The molecule has 1 aliphatic heterocycles. The van der Waals surface area contributed by atoms with Crippen LogP contribution in [0.3, 0.4) is 0 Å². The van der Waals surface area contributed by atoms with E-state index in [0.29, 0.717) is 16.2 Å². The number of carbonyl (C=O) groups is 5. The molecule has 10 nitrogen and oxygen atoms in total. The van der Waals surface area contributed by atoms with E-state index in [1.807, 2.05) is 12.1 Å².